The fourth-order valence-corrected chi connectivity index (χ4v) is 3.83. The van der Waals surface area contributed by atoms with E-state index in [1.54, 1.807) is 16.8 Å². The summed E-state index contributed by atoms with van der Waals surface area (Å²) in [6, 6.07) is 12.4. The first-order chi connectivity index (χ1) is 13.8. The van der Waals surface area contributed by atoms with Gasteiger partial charge in [0, 0.05) is 26.5 Å². The number of halogens is 3. The summed E-state index contributed by atoms with van der Waals surface area (Å²) in [6.07, 6.45) is 0. The summed E-state index contributed by atoms with van der Waals surface area (Å²) in [4.78, 5) is 4.67. The SMILES string of the molecule is Cc1c(Cl)cccc1-n1nc(C)c2c(C)cc(OCc3ccc(Br)cc3F)nc21. The predicted molar refractivity (Wildman–Crippen MR) is 117 cm³/mol. The Morgan fingerprint density at radius 3 is 2.69 bits per heavy atom. The molecule has 0 aliphatic rings. The Balaban J connectivity index is 1.76. The van der Waals surface area contributed by atoms with Gasteiger partial charge in [-0.05, 0) is 56.2 Å². The summed E-state index contributed by atoms with van der Waals surface area (Å²) in [7, 11) is 0. The van der Waals surface area contributed by atoms with Crippen LogP contribution in [0.15, 0.2) is 46.9 Å². The van der Waals surface area contributed by atoms with Crippen LogP contribution >= 0.6 is 27.5 Å². The van der Waals surface area contributed by atoms with Gasteiger partial charge in [-0.15, -0.1) is 0 Å². The van der Waals surface area contributed by atoms with E-state index in [4.69, 9.17) is 16.3 Å². The molecule has 2 heterocycles. The molecule has 4 nitrogen and oxygen atoms in total. The second kappa shape index (κ2) is 7.76. The first-order valence-electron chi connectivity index (χ1n) is 9.04. The van der Waals surface area contributed by atoms with Crippen molar-refractivity contribution < 1.29 is 9.13 Å². The Hall–Kier alpha value is -2.44. The first-order valence-corrected chi connectivity index (χ1v) is 10.2. The van der Waals surface area contributed by atoms with Gasteiger partial charge in [0.2, 0.25) is 5.88 Å². The second-order valence-corrected chi connectivity index (χ2v) is 8.20. The minimum Gasteiger partial charge on any atom is -0.473 e. The lowest BCUT2D eigenvalue weighted by molar-refractivity contribution is 0.288. The average Bonchev–Trinajstić information content (AvgIpc) is 3.00. The van der Waals surface area contributed by atoms with Crippen LogP contribution in [-0.4, -0.2) is 14.8 Å². The standard InChI is InChI=1S/C22H18BrClFN3O/c1-12-9-20(29-11-15-7-8-16(23)10-18(15)25)26-22-21(12)14(3)27-28(22)19-6-4-5-17(24)13(19)2/h4-10H,11H2,1-3H3. The molecule has 148 valence electrons. The molecule has 2 aromatic heterocycles. The molecule has 0 saturated carbocycles. The molecular formula is C22H18BrClFN3O. The van der Waals surface area contributed by atoms with Gasteiger partial charge < -0.3 is 4.74 Å². The summed E-state index contributed by atoms with van der Waals surface area (Å²) in [6.45, 7) is 5.97. The smallest absolute Gasteiger partial charge is 0.215 e. The Bertz CT molecular complexity index is 1240. The maximum Gasteiger partial charge on any atom is 0.215 e. The van der Waals surface area contributed by atoms with Gasteiger partial charge in [0.1, 0.15) is 12.4 Å². The molecule has 2 aromatic carbocycles. The van der Waals surface area contributed by atoms with Crippen LogP contribution in [0.2, 0.25) is 5.02 Å². The molecule has 7 heteroatoms. The van der Waals surface area contributed by atoms with E-state index in [-0.39, 0.29) is 12.4 Å². The number of benzene rings is 2. The summed E-state index contributed by atoms with van der Waals surface area (Å²) in [5.41, 5.74) is 4.78. The van der Waals surface area contributed by atoms with E-state index in [9.17, 15) is 4.39 Å². The molecule has 0 unspecified atom stereocenters. The van der Waals surface area contributed by atoms with E-state index in [0.717, 1.165) is 27.9 Å². The van der Waals surface area contributed by atoms with Crippen LogP contribution in [0.5, 0.6) is 5.88 Å². The average molecular weight is 475 g/mol. The maximum atomic E-state index is 14.1. The molecule has 4 rings (SSSR count). The van der Waals surface area contributed by atoms with Crippen molar-refractivity contribution in [3.63, 3.8) is 0 Å². The van der Waals surface area contributed by atoms with Crippen LogP contribution in [-0.2, 0) is 6.61 Å². The zero-order chi connectivity index (χ0) is 20.7. The first kappa shape index (κ1) is 19.9. The van der Waals surface area contributed by atoms with E-state index < -0.39 is 0 Å². The Morgan fingerprint density at radius 2 is 1.93 bits per heavy atom. The molecule has 0 radical (unpaired) electrons. The maximum absolute atomic E-state index is 14.1. The molecule has 0 bridgehead atoms. The van der Waals surface area contributed by atoms with Crippen LogP contribution < -0.4 is 4.74 Å². The number of fused-ring (bicyclic) bond motifs is 1. The van der Waals surface area contributed by atoms with E-state index in [1.807, 2.05) is 45.0 Å². The van der Waals surface area contributed by atoms with Gasteiger partial charge in [-0.1, -0.05) is 39.7 Å². The number of hydrogen-bond acceptors (Lipinski definition) is 3. The number of aromatic nitrogens is 3. The summed E-state index contributed by atoms with van der Waals surface area (Å²) >= 11 is 9.56. The monoisotopic (exact) mass is 473 g/mol. The van der Waals surface area contributed by atoms with Crippen LogP contribution in [0, 0.1) is 26.6 Å². The van der Waals surface area contributed by atoms with Crippen molar-refractivity contribution in [2.24, 2.45) is 0 Å². The van der Waals surface area contributed by atoms with Crippen LogP contribution in [0.3, 0.4) is 0 Å². The van der Waals surface area contributed by atoms with Crippen molar-refractivity contribution >= 4 is 38.6 Å². The highest BCUT2D eigenvalue weighted by molar-refractivity contribution is 9.10. The third-order valence-corrected chi connectivity index (χ3v) is 5.75. The fraction of sp³-hybridized carbons (Fsp3) is 0.182. The zero-order valence-corrected chi connectivity index (χ0v) is 18.5. The van der Waals surface area contributed by atoms with Crippen LogP contribution in [0.1, 0.15) is 22.4 Å². The lowest BCUT2D eigenvalue weighted by Crippen LogP contribution is -2.03. The Morgan fingerprint density at radius 1 is 1.14 bits per heavy atom. The molecule has 4 aromatic rings. The predicted octanol–water partition coefficient (Wildman–Crippen LogP) is 6.48. The van der Waals surface area contributed by atoms with Crippen LogP contribution in [0.25, 0.3) is 16.7 Å². The molecule has 0 amide bonds. The van der Waals surface area contributed by atoms with Gasteiger partial charge in [-0.2, -0.15) is 10.1 Å². The van der Waals surface area contributed by atoms with Gasteiger partial charge in [-0.25, -0.2) is 9.07 Å². The number of hydrogen-bond donors (Lipinski definition) is 0. The van der Waals surface area contributed by atoms with Gasteiger partial charge in [0.15, 0.2) is 5.65 Å². The van der Waals surface area contributed by atoms with Crippen molar-refractivity contribution in [2.75, 3.05) is 0 Å². The van der Waals surface area contributed by atoms with Gasteiger partial charge in [0.25, 0.3) is 0 Å². The molecule has 0 atom stereocenters. The quantitative estimate of drug-likeness (QED) is 0.340. The molecule has 0 fully saturated rings. The fourth-order valence-electron chi connectivity index (χ4n) is 3.33. The number of ether oxygens (including phenoxy) is 1. The Labute approximate surface area is 181 Å². The lowest BCUT2D eigenvalue weighted by Gasteiger charge is -2.11. The topological polar surface area (TPSA) is 39.9 Å². The molecule has 29 heavy (non-hydrogen) atoms. The van der Waals surface area contributed by atoms with Crippen molar-refractivity contribution in [1.82, 2.24) is 14.8 Å². The number of rotatable bonds is 4. The minimum absolute atomic E-state index is 0.0837. The highest BCUT2D eigenvalue weighted by Crippen LogP contribution is 2.30. The lowest BCUT2D eigenvalue weighted by atomic mass is 10.1. The summed E-state index contributed by atoms with van der Waals surface area (Å²) < 4.78 is 22.4. The summed E-state index contributed by atoms with van der Waals surface area (Å²) in [5.74, 6) is 0.0887. The highest BCUT2D eigenvalue weighted by Gasteiger charge is 2.17. The van der Waals surface area contributed by atoms with Gasteiger partial charge in [0.05, 0.1) is 11.4 Å². The molecule has 0 N–H and O–H groups in total. The number of nitrogens with zero attached hydrogens (tertiary/aromatic N) is 3. The Kier molecular flexibility index (Phi) is 5.32. The zero-order valence-electron chi connectivity index (χ0n) is 16.1. The second-order valence-electron chi connectivity index (χ2n) is 6.88. The third kappa shape index (κ3) is 3.74. The molecule has 0 aliphatic carbocycles. The largest absolute Gasteiger partial charge is 0.473 e. The van der Waals surface area contributed by atoms with Crippen molar-refractivity contribution in [2.45, 2.75) is 27.4 Å². The summed E-state index contributed by atoms with van der Waals surface area (Å²) in [5, 5.41) is 6.31. The van der Waals surface area contributed by atoms with E-state index in [0.29, 0.717) is 26.6 Å². The third-order valence-electron chi connectivity index (χ3n) is 4.84. The highest BCUT2D eigenvalue weighted by atomic mass is 79.9. The van der Waals surface area contributed by atoms with E-state index >= 15 is 0 Å². The normalized spacial score (nSPS) is 11.2. The van der Waals surface area contributed by atoms with Gasteiger partial charge >= 0.3 is 0 Å². The molecule has 0 aliphatic heterocycles. The number of pyridine rings is 1. The van der Waals surface area contributed by atoms with Crippen molar-refractivity contribution in [3.05, 3.63) is 80.2 Å². The van der Waals surface area contributed by atoms with Crippen molar-refractivity contribution in [3.8, 4) is 11.6 Å². The van der Waals surface area contributed by atoms with E-state index in [2.05, 4.69) is 26.0 Å². The molecule has 0 spiro atoms. The van der Waals surface area contributed by atoms with E-state index in [1.165, 1.54) is 6.07 Å². The molecule has 0 saturated heterocycles. The van der Waals surface area contributed by atoms with Crippen LogP contribution in [0.4, 0.5) is 4.39 Å². The van der Waals surface area contributed by atoms with Crippen molar-refractivity contribution in [1.29, 1.82) is 0 Å². The molecular weight excluding hydrogens is 457 g/mol. The number of aryl methyl sites for hydroxylation is 2. The minimum atomic E-state index is -0.326. The van der Waals surface area contributed by atoms with Gasteiger partial charge in [-0.3, -0.25) is 0 Å².